The van der Waals surface area contributed by atoms with Crippen LogP contribution in [-0.2, 0) is 6.61 Å². The zero-order valence-electron chi connectivity index (χ0n) is 20.2. The molecule has 1 aliphatic heterocycles. The van der Waals surface area contributed by atoms with Gasteiger partial charge in [0.15, 0.2) is 0 Å². The molecule has 0 amide bonds. The molecule has 1 aliphatic rings. The molecule has 2 aromatic carbocycles. The lowest BCUT2D eigenvalue weighted by molar-refractivity contribution is -0.0565. The fourth-order valence-electron chi connectivity index (χ4n) is 4.29. The van der Waals surface area contributed by atoms with E-state index in [1.54, 1.807) is 12.1 Å². The van der Waals surface area contributed by atoms with Gasteiger partial charge in [-0.15, -0.1) is 0 Å². The van der Waals surface area contributed by atoms with Crippen LogP contribution in [0.4, 0.5) is 8.78 Å². The Hall–Kier alpha value is -3.45. The van der Waals surface area contributed by atoms with Crippen LogP contribution in [0.2, 0.25) is 10.0 Å². The van der Waals surface area contributed by atoms with E-state index in [2.05, 4.69) is 21.0 Å². The van der Waals surface area contributed by atoms with Gasteiger partial charge in [-0.2, -0.15) is 15.2 Å². The Morgan fingerprint density at radius 2 is 1.82 bits per heavy atom. The van der Waals surface area contributed by atoms with Gasteiger partial charge in [-0.05, 0) is 17.7 Å². The molecular weight excluding hydrogens is 535 g/mol. The Morgan fingerprint density at radius 3 is 2.55 bits per heavy atom. The average molecular weight is 558 g/mol. The van der Waals surface area contributed by atoms with E-state index in [4.69, 9.17) is 32.7 Å². The summed E-state index contributed by atoms with van der Waals surface area (Å²) in [4.78, 5) is 13.9. The maximum absolute atomic E-state index is 13.4. The first-order valence-electron chi connectivity index (χ1n) is 12.0. The lowest BCUT2D eigenvalue weighted by Crippen LogP contribution is -2.41. The standard InChI is InChI=1S/C27H23Cl2F2N5O2/c28-20-13-21(29)22(38-16-17-4-2-1-3-5-17)12-19(20)24-23-18(14-32)15-33-25(23)35-26(34-24)37-11-10-36-8-6-27(30,31)7-9-36/h1-5,12-13,15H,6-11,16H2,(H,33,34,35). The zero-order valence-corrected chi connectivity index (χ0v) is 21.7. The highest BCUT2D eigenvalue weighted by Crippen LogP contribution is 2.40. The van der Waals surface area contributed by atoms with E-state index in [9.17, 15) is 14.0 Å². The molecule has 3 heterocycles. The number of nitrogens with zero attached hydrogens (tertiary/aromatic N) is 4. The number of H-pyrrole nitrogens is 1. The maximum Gasteiger partial charge on any atom is 0.319 e. The molecular formula is C27H23Cl2F2N5O2. The number of benzene rings is 2. The minimum Gasteiger partial charge on any atom is -0.487 e. The quantitative estimate of drug-likeness (QED) is 0.266. The Kier molecular flexibility index (Phi) is 7.65. The smallest absolute Gasteiger partial charge is 0.319 e. The molecule has 2 aromatic heterocycles. The molecule has 38 heavy (non-hydrogen) atoms. The lowest BCUT2D eigenvalue weighted by atomic mass is 10.1. The molecule has 0 radical (unpaired) electrons. The van der Waals surface area contributed by atoms with Crippen molar-refractivity contribution in [1.82, 2.24) is 19.9 Å². The molecule has 4 aromatic rings. The number of aromatic amines is 1. The minimum absolute atomic E-state index is 0.0685. The maximum atomic E-state index is 13.4. The highest BCUT2D eigenvalue weighted by molar-refractivity contribution is 6.37. The van der Waals surface area contributed by atoms with Gasteiger partial charge in [0.2, 0.25) is 0 Å². The fraction of sp³-hybridized carbons (Fsp3) is 0.296. The summed E-state index contributed by atoms with van der Waals surface area (Å²) < 4.78 is 38.7. The number of nitriles is 1. The normalized spacial score (nSPS) is 15.3. The van der Waals surface area contributed by atoms with Gasteiger partial charge in [-0.25, -0.2) is 8.78 Å². The highest BCUT2D eigenvalue weighted by atomic mass is 35.5. The second kappa shape index (κ2) is 11.1. The molecule has 1 fully saturated rings. The minimum atomic E-state index is -2.60. The van der Waals surface area contributed by atoms with Crippen LogP contribution in [0, 0.1) is 11.3 Å². The number of aromatic nitrogens is 3. The number of nitrogens with one attached hydrogen (secondary N) is 1. The average Bonchev–Trinajstić information content (AvgIpc) is 3.33. The van der Waals surface area contributed by atoms with E-state index in [1.165, 1.54) is 6.20 Å². The molecule has 7 nitrogen and oxygen atoms in total. The zero-order chi connectivity index (χ0) is 26.7. The van der Waals surface area contributed by atoms with Crippen LogP contribution in [0.5, 0.6) is 11.8 Å². The second-order valence-electron chi connectivity index (χ2n) is 8.98. The number of alkyl halides is 2. The number of hydrogen-bond acceptors (Lipinski definition) is 6. The summed E-state index contributed by atoms with van der Waals surface area (Å²) in [5.41, 5.74) is 2.58. The largest absolute Gasteiger partial charge is 0.487 e. The van der Waals surface area contributed by atoms with Crippen LogP contribution in [0.15, 0.2) is 48.7 Å². The summed E-state index contributed by atoms with van der Waals surface area (Å²) in [5.74, 6) is -2.20. The molecule has 0 aliphatic carbocycles. The van der Waals surface area contributed by atoms with Crippen molar-refractivity contribution < 1.29 is 18.3 Å². The Bertz CT molecular complexity index is 1480. The van der Waals surface area contributed by atoms with Gasteiger partial charge in [0.25, 0.3) is 5.92 Å². The summed E-state index contributed by atoms with van der Waals surface area (Å²) >= 11 is 13.0. The van der Waals surface area contributed by atoms with Crippen molar-refractivity contribution in [3.63, 3.8) is 0 Å². The van der Waals surface area contributed by atoms with Crippen molar-refractivity contribution in [2.24, 2.45) is 0 Å². The van der Waals surface area contributed by atoms with Crippen LogP contribution >= 0.6 is 23.2 Å². The first-order valence-corrected chi connectivity index (χ1v) is 12.8. The highest BCUT2D eigenvalue weighted by Gasteiger charge is 2.33. The third kappa shape index (κ3) is 5.83. The van der Waals surface area contributed by atoms with Crippen molar-refractivity contribution in [3.05, 3.63) is 69.8 Å². The SMILES string of the molecule is N#Cc1c[nH]c2nc(OCCN3CCC(F)(F)CC3)nc(-c3cc(OCc4ccccc4)c(Cl)cc3Cl)c12. The number of hydrogen-bond donors (Lipinski definition) is 1. The Morgan fingerprint density at radius 1 is 1.05 bits per heavy atom. The molecule has 11 heteroatoms. The fourth-order valence-corrected chi connectivity index (χ4v) is 4.81. The van der Waals surface area contributed by atoms with E-state index >= 15 is 0 Å². The first-order chi connectivity index (χ1) is 18.3. The van der Waals surface area contributed by atoms with Crippen molar-refractivity contribution in [1.29, 1.82) is 5.26 Å². The van der Waals surface area contributed by atoms with E-state index in [0.29, 0.717) is 69.9 Å². The van der Waals surface area contributed by atoms with Crippen molar-refractivity contribution in [2.75, 3.05) is 26.2 Å². The number of fused-ring (bicyclic) bond motifs is 1. The van der Waals surface area contributed by atoms with Crippen LogP contribution in [0.3, 0.4) is 0 Å². The lowest BCUT2D eigenvalue weighted by Gasteiger charge is -2.31. The molecule has 1 saturated heterocycles. The van der Waals surface area contributed by atoms with E-state index in [1.807, 2.05) is 35.2 Å². The number of piperidine rings is 1. The monoisotopic (exact) mass is 557 g/mol. The molecule has 0 spiro atoms. The van der Waals surface area contributed by atoms with Crippen molar-refractivity contribution in [3.8, 4) is 29.1 Å². The summed E-state index contributed by atoms with van der Waals surface area (Å²) in [6.07, 6.45) is 1.21. The van der Waals surface area contributed by atoms with Crippen LogP contribution < -0.4 is 9.47 Å². The van der Waals surface area contributed by atoms with Gasteiger partial charge >= 0.3 is 6.01 Å². The Balaban J connectivity index is 1.42. The van der Waals surface area contributed by atoms with Crippen LogP contribution in [-0.4, -0.2) is 52.0 Å². The molecule has 0 unspecified atom stereocenters. The number of halogens is 4. The van der Waals surface area contributed by atoms with Gasteiger partial charge < -0.3 is 14.5 Å². The van der Waals surface area contributed by atoms with Gasteiger partial charge in [0, 0.05) is 44.2 Å². The summed E-state index contributed by atoms with van der Waals surface area (Å²) in [6, 6.07) is 15.1. The van der Waals surface area contributed by atoms with Crippen molar-refractivity contribution >= 4 is 34.2 Å². The molecule has 0 bridgehead atoms. The summed E-state index contributed by atoms with van der Waals surface area (Å²) in [7, 11) is 0. The molecule has 0 atom stereocenters. The molecule has 0 saturated carbocycles. The van der Waals surface area contributed by atoms with E-state index in [-0.39, 0.29) is 25.5 Å². The third-order valence-electron chi connectivity index (χ3n) is 6.37. The number of rotatable bonds is 8. The molecule has 1 N–H and O–H groups in total. The summed E-state index contributed by atoms with van der Waals surface area (Å²) in [6.45, 7) is 1.57. The number of ether oxygens (including phenoxy) is 2. The third-order valence-corrected chi connectivity index (χ3v) is 6.98. The first kappa shape index (κ1) is 26.2. The topological polar surface area (TPSA) is 87.1 Å². The van der Waals surface area contributed by atoms with Crippen molar-refractivity contribution in [2.45, 2.75) is 25.4 Å². The van der Waals surface area contributed by atoms with E-state index < -0.39 is 5.92 Å². The van der Waals surface area contributed by atoms with Crippen LogP contribution in [0.25, 0.3) is 22.3 Å². The molecule has 196 valence electrons. The van der Waals surface area contributed by atoms with E-state index in [0.717, 1.165) is 5.56 Å². The van der Waals surface area contributed by atoms with Crippen LogP contribution in [0.1, 0.15) is 24.0 Å². The predicted molar refractivity (Wildman–Crippen MR) is 141 cm³/mol. The second-order valence-corrected chi connectivity index (χ2v) is 9.79. The van der Waals surface area contributed by atoms with Gasteiger partial charge in [-0.1, -0.05) is 53.5 Å². The van der Waals surface area contributed by atoms with Gasteiger partial charge in [0.1, 0.15) is 30.7 Å². The summed E-state index contributed by atoms with van der Waals surface area (Å²) in [5, 5.41) is 10.8. The Labute approximate surface area is 227 Å². The number of likely N-dealkylation sites (tertiary alicyclic amines) is 1. The van der Waals surface area contributed by atoms with Gasteiger partial charge in [-0.3, -0.25) is 4.90 Å². The molecule has 5 rings (SSSR count). The van der Waals surface area contributed by atoms with Gasteiger partial charge in [0.05, 0.1) is 26.7 Å². The predicted octanol–water partition coefficient (Wildman–Crippen LogP) is 6.49.